The van der Waals surface area contributed by atoms with Gasteiger partial charge in [0.15, 0.2) is 0 Å². The molecule has 0 fully saturated rings. The maximum Gasteiger partial charge on any atom is 0.0764 e. The molecule has 0 aliphatic heterocycles. The van der Waals surface area contributed by atoms with Crippen molar-refractivity contribution in [3.8, 4) is 5.69 Å². The average Bonchev–Trinajstić information content (AvgIpc) is 2.66. The first-order valence-corrected chi connectivity index (χ1v) is 4.40. The smallest absolute Gasteiger partial charge is 0.0764 e. The highest BCUT2D eigenvalue weighted by atomic mass is 15.3. The Morgan fingerprint density at radius 1 is 1.29 bits per heavy atom. The summed E-state index contributed by atoms with van der Waals surface area (Å²) in [7, 11) is 0. The van der Waals surface area contributed by atoms with Gasteiger partial charge in [-0.2, -0.15) is 5.10 Å². The highest BCUT2D eigenvalue weighted by molar-refractivity contribution is 5.47. The number of aromatic nitrogens is 2. The largest absolute Gasteiger partial charge is 0.399 e. The molecule has 0 spiro atoms. The number of nitrogen functional groups attached to an aromatic ring is 1. The summed E-state index contributed by atoms with van der Waals surface area (Å²) in [5.74, 6) is 0. The molecule has 0 amide bonds. The van der Waals surface area contributed by atoms with Gasteiger partial charge in [-0.25, -0.2) is 4.68 Å². The summed E-state index contributed by atoms with van der Waals surface area (Å²) in [6.45, 7) is 0.454. The van der Waals surface area contributed by atoms with Gasteiger partial charge in [0.05, 0.1) is 11.4 Å². The molecule has 0 unspecified atom stereocenters. The van der Waals surface area contributed by atoms with Gasteiger partial charge in [0.25, 0.3) is 0 Å². The van der Waals surface area contributed by atoms with Crippen LogP contribution in [0.5, 0.6) is 0 Å². The Morgan fingerprint density at radius 3 is 2.79 bits per heavy atom. The first-order valence-electron chi connectivity index (χ1n) is 4.40. The summed E-state index contributed by atoms with van der Waals surface area (Å²) in [4.78, 5) is 0. The lowest BCUT2D eigenvalue weighted by Crippen LogP contribution is -2.00. The van der Waals surface area contributed by atoms with Crippen LogP contribution in [-0.4, -0.2) is 9.78 Å². The molecule has 4 heteroatoms. The van der Waals surface area contributed by atoms with E-state index in [1.165, 1.54) is 0 Å². The first kappa shape index (κ1) is 8.77. The van der Waals surface area contributed by atoms with Crippen LogP contribution in [0.2, 0.25) is 0 Å². The number of nitrogens with zero attached hydrogens (tertiary/aromatic N) is 2. The predicted molar refractivity (Wildman–Crippen MR) is 55.9 cm³/mol. The second-order valence-corrected chi connectivity index (χ2v) is 3.05. The quantitative estimate of drug-likeness (QED) is 0.688. The van der Waals surface area contributed by atoms with Crippen molar-refractivity contribution in [1.82, 2.24) is 9.78 Å². The Hall–Kier alpha value is -1.81. The van der Waals surface area contributed by atoms with Crippen LogP contribution < -0.4 is 11.5 Å². The zero-order valence-electron chi connectivity index (χ0n) is 7.72. The topological polar surface area (TPSA) is 69.9 Å². The highest BCUT2D eigenvalue weighted by Crippen LogP contribution is 2.11. The molecule has 0 saturated heterocycles. The molecule has 4 nitrogen and oxygen atoms in total. The van der Waals surface area contributed by atoms with Gasteiger partial charge in [-0.3, -0.25) is 0 Å². The fraction of sp³-hybridized carbons (Fsp3) is 0.100. The normalized spacial score (nSPS) is 10.4. The Balaban J connectivity index is 2.39. The highest BCUT2D eigenvalue weighted by Gasteiger charge is 1.99. The van der Waals surface area contributed by atoms with E-state index < -0.39 is 0 Å². The summed E-state index contributed by atoms with van der Waals surface area (Å²) >= 11 is 0. The summed E-state index contributed by atoms with van der Waals surface area (Å²) < 4.78 is 1.76. The number of rotatable bonds is 2. The molecular weight excluding hydrogens is 176 g/mol. The summed E-state index contributed by atoms with van der Waals surface area (Å²) in [5.41, 5.74) is 13.7. The van der Waals surface area contributed by atoms with Gasteiger partial charge in [-0.05, 0) is 24.3 Å². The molecule has 0 bridgehead atoms. The zero-order valence-corrected chi connectivity index (χ0v) is 7.72. The van der Waals surface area contributed by atoms with Crippen molar-refractivity contribution in [2.24, 2.45) is 5.73 Å². The molecule has 1 aromatic carbocycles. The van der Waals surface area contributed by atoms with Crippen molar-refractivity contribution in [3.63, 3.8) is 0 Å². The first-order chi connectivity index (χ1) is 6.79. The number of benzene rings is 1. The average molecular weight is 188 g/mol. The van der Waals surface area contributed by atoms with Crippen LogP contribution in [0, 0.1) is 0 Å². The summed E-state index contributed by atoms with van der Waals surface area (Å²) in [6.07, 6.45) is 1.87. The van der Waals surface area contributed by atoms with Crippen molar-refractivity contribution in [2.75, 3.05) is 5.73 Å². The standard InChI is InChI=1S/C10H12N4/c11-7-9-4-5-14(13-9)10-3-1-2-8(12)6-10/h1-6H,7,11-12H2. The fourth-order valence-electron chi connectivity index (χ4n) is 1.28. The van der Waals surface area contributed by atoms with Crippen molar-refractivity contribution in [3.05, 3.63) is 42.2 Å². The molecule has 0 radical (unpaired) electrons. The van der Waals surface area contributed by atoms with Crippen LogP contribution in [-0.2, 0) is 6.54 Å². The van der Waals surface area contributed by atoms with E-state index in [0.29, 0.717) is 6.54 Å². The van der Waals surface area contributed by atoms with E-state index in [1.54, 1.807) is 4.68 Å². The molecule has 2 aromatic rings. The molecule has 14 heavy (non-hydrogen) atoms. The number of hydrogen-bond donors (Lipinski definition) is 2. The van der Waals surface area contributed by atoms with E-state index in [9.17, 15) is 0 Å². The Morgan fingerprint density at radius 2 is 2.14 bits per heavy atom. The van der Waals surface area contributed by atoms with Crippen molar-refractivity contribution in [1.29, 1.82) is 0 Å². The molecule has 4 N–H and O–H groups in total. The van der Waals surface area contributed by atoms with Crippen molar-refractivity contribution in [2.45, 2.75) is 6.54 Å². The summed E-state index contributed by atoms with van der Waals surface area (Å²) in [5, 5.41) is 4.28. The van der Waals surface area contributed by atoms with Crippen LogP contribution in [0.1, 0.15) is 5.69 Å². The lowest BCUT2D eigenvalue weighted by Gasteiger charge is -2.01. The second-order valence-electron chi connectivity index (χ2n) is 3.05. The molecule has 72 valence electrons. The number of hydrogen-bond acceptors (Lipinski definition) is 3. The Labute approximate surface area is 82.1 Å². The summed E-state index contributed by atoms with van der Waals surface area (Å²) in [6, 6.07) is 9.45. The SMILES string of the molecule is NCc1ccn(-c2cccc(N)c2)n1. The van der Waals surface area contributed by atoms with Gasteiger partial charge in [-0.15, -0.1) is 0 Å². The van der Waals surface area contributed by atoms with E-state index in [2.05, 4.69) is 5.10 Å². The monoisotopic (exact) mass is 188 g/mol. The van der Waals surface area contributed by atoms with Crippen LogP contribution in [0.25, 0.3) is 5.69 Å². The Bertz CT molecular complexity index is 433. The maximum absolute atomic E-state index is 5.67. The molecule has 0 aliphatic rings. The van der Waals surface area contributed by atoms with Crippen LogP contribution in [0.15, 0.2) is 36.5 Å². The second kappa shape index (κ2) is 3.51. The lowest BCUT2D eigenvalue weighted by atomic mass is 10.3. The van der Waals surface area contributed by atoms with E-state index in [0.717, 1.165) is 17.1 Å². The Kier molecular flexibility index (Phi) is 2.20. The molecule has 0 atom stereocenters. The minimum atomic E-state index is 0.454. The maximum atomic E-state index is 5.67. The third-order valence-electron chi connectivity index (χ3n) is 1.99. The molecule has 0 aliphatic carbocycles. The van der Waals surface area contributed by atoms with Gasteiger partial charge >= 0.3 is 0 Å². The van der Waals surface area contributed by atoms with Crippen molar-refractivity contribution >= 4 is 5.69 Å². The lowest BCUT2D eigenvalue weighted by molar-refractivity contribution is 0.834. The minimum absolute atomic E-state index is 0.454. The molecule has 1 heterocycles. The zero-order chi connectivity index (χ0) is 9.97. The van der Waals surface area contributed by atoms with E-state index in [1.807, 2.05) is 36.5 Å². The van der Waals surface area contributed by atoms with Gasteiger partial charge in [0, 0.05) is 18.4 Å². The van der Waals surface area contributed by atoms with Gasteiger partial charge in [0.1, 0.15) is 0 Å². The van der Waals surface area contributed by atoms with Crippen molar-refractivity contribution < 1.29 is 0 Å². The number of anilines is 1. The molecule has 2 rings (SSSR count). The predicted octanol–water partition coefficient (Wildman–Crippen LogP) is 0.913. The molecular formula is C10H12N4. The van der Waals surface area contributed by atoms with Gasteiger partial charge in [0.2, 0.25) is 0 Å². The third kappa shape index (κ3) is 1.60. The van der Waals surface area contributed by atoms with Crippen LogP contribution >= 0.6 is 0 Å². The third-order valence-corrected chi connectivity index (χ3v) is 1.99. The van der Waals surface area contributed by atoms with Gasteiger partial charge in [-0.1, -0.05) is 6.07 Å². The minimum Gasteiger partial charge on any atom is -0.399 e. The van der Waals surface area contributed by atoms with E-state index in [4.69, 9.17) is 11.5 Å². The van der Waals surface area contributed by atoms with E-state index >= 15 is 0 Å². The van der Waals surface area contributed by atoms with Gasteiger partial charge < -0.3 is 11.5 Å². The molecule has 1 aromatic heterocycles. The number of nitrogens with two attached hydrogens (primary N) is 2. The van der Waals surface area contributed by atoms with Crippen LogP contribution in [0.3, 0.4) is 0 Å². The fourth-order valence-corrected chi connectivity index (χ4v) is 1.28. The van der Waals surface area contributed by atoms with Crippen LogP contribution in [0.4, 0.5) is 5.69 Å². The van der Waals surface area contributed by atoms with E-state index in [-0.39, 0.29) is 0 Å². The molecule has 0 saturated carbocycles.